The number of sulfone groups is 1. The van der Waals surface area contributed by atoms with Gasteiger partial charge in [-0.1, -0.05) is 18.7 Å². The van der Waals surface area contributed by atoms with Crippen LogP contribution in [0, 0.1) is 20.4 Å². The van der Waals surface area contributed by atoms with E-state index in [0.29, 0.717) is 64.0 Å². The fourth-order valence-corrected chi connectivity index (χ4v) is 6.29. The number of hydrogen-bond acceptors (Lipinski definition) is 8. The fourth-order valence-electron chi connectivity index (χ4n) is 5.43. The largest absolute Gasteiger partial charge is 0.361 e. The van der Waals surface area contributed by atoms with Gasteiger partial charge in [-0.15, -0.1) is 4.98 Å². The van der Waals surface area contributed by atoms with E-state index < -0.39 is 9.84 Å². The van der Waals surface area contributed by atoms with E-state index in [4.69, 9.17) is 21.3 Å². The third kappa shape index (κ3) is 5.74. The van der Waals surface area contributed by atoms with Gasteiger partial charge in [0.05, 0.1) is 34.1 Å². The number of hydrogen-bond donors (Lipinski definition) is 1. The third-order valence-corrected chi connectivity index (χ3v) is 8.79. The Morgan fingerprint density at radius 2 is 1.88 bits per heavy atom. The van der Waals surface area contributed by atoms with E-state index in [0.717, 1.165) is 30.8 Å². The summed E-state index contributed by atoms with van der Waals surface area (Å²) in [5, 5.41) is 7.90. The first-order valence-electron chi connectivity index (χ1n) is 14.1. The van der Waals surface area contributed by atoms with Gasteiger partial charge in [0.1, 0.15) is 23.3 Å². The minimum atomic E-state index is -3.62. The molecule has 0 radical (unpaired) electrons. The third-order valence-electron chi connectivity index (χ3n) is 7.65. The van der Waals surface area contributed by atoms with Crippen molar-refractivity contribution < 1.29 is 13.2 Å². The number of nitrogens with one attached hydrogen (secondary N) is 1. The summed E-state index contributed by atoms with van der Waals surface area (Å²) in [6.07, 6.45) is 4.29. The van der Waals surface area contributed by atoms with E-state index in [1.807, 2.05) is 49.7 Å². The molecule has 5 heterocycles. The van der Waals surface area contributed by atoms with Crippen LogP contribution in [0.15, 0.2) is 53.4 Å². The van der Waals surface area contributed by atoms with Crippen LogP contribution in [-0.2, 0) is 28.0 Å². The van der Waals surface area contributed by atoms with E-state index in [2.05, 4.69) is 20.2 Å². The number of benzene rings is 1. The van der Waals surface area contributed by atoms with Gasteiger partial charge in [0, 0.05) is 31.2 Å². The molecule has 1 atom stereocenters. The Morgan fingerprint density at radius 3 is 2.58 bits per heavy atom. The standard InChI is InChI=1S/C31H32N8O3S/c1-19-15-25(37-38(19)4)21-12-13-24(27(16-21)43(5,40)41)36-26-18-23(17-22-9-8-10-28(32-3)34-22)35-31-30(26)33-20(2)39(31)29-11-6-7-14-42-29/h8-10,12-13,15-16,18,29H,6-7,11,14,17H2,1-2,4-5H3,(H,35,36). The SMILES string of the molecule is [C-]#[N+]c1cccc(Cc2cc(Nc3ccc(-c4cc(C)n(C)n4)cc3S(C)(=O)=O)c3nc(C)n(C4CCCCO4)c3n2)n1. The lowest BCUT2D eigenvalue weighted by atomic mass is 10.1. The zero-order valence-electron chi connectivity index (χ0n) is 24.5. The second-order valence-electron chi connectivity index (χ2n) is 10.9. The number of pyridine rings is 2. The molecule has 1 fully saturated rings. The molecule has 1 unspecified atom stereocenters. The van der Waals surface area contributed by atoms with Gasteiger partial charge in [0.2, 0.25) is 0 Å². The van der Waals surface area contributed by atoms with Crippen LogP contribution < -0.4 is 5.32 Å². The van der Waals surface area contributed by atoms with Gasteiger partial charge in [0.25, 0.3) is 5.82 Å². The van der Waals surface area contributed by atoms with Gasteiger partial charge in [-0.05, 0) is 69.5 Å². The molecule has 0 spiro atoms. The molecule has 6 rings (SSSR count). The highest BCUT2D eigenvalue weighted by molar-refractivity contribution is 7.90. The van der Waals surface area contributed by atoms with E-state index in [9.17, 15) is 8.42 Å². The van der Waals surface area contributed by atoms with Crippen LogP contribution in [0.1, 0.15) is 48.4 Å². The molecule has 0 bridgehead atoms. The highest BCUT2D eigenvalue weighted by Crippen LogP contribution is 2.35. The number of ether oxygens (including phenoxy) is 1. The average Bonchev–Trinajstić information content (AvgIpc) is 3.50. The number of nitrogens with zero attached hydrogens (tertiary/aromatic N) is 7. The zero-order chi connectivity index (χ0) is 30.3. The van der Waals surface area contributed by atoms with E-state index in [1.54, 1.807) is 28.9 Å². The first-order chi connectivity index (χ1) is 20.6. The van der Waals surface area contributed by atoms with Crippen molar-refractivity contribution in [3.8, 4) is 11.3 Å². The molecule has 5 aromatic rings. The normalized spacial score (nSPS) is 15.5. The summed E-state index contributed by atoms with van der Waals surface area (Å²) in [5.74, 6) is 1.07. The molecule has 4 aromatic heterocycles. The van der Waals surface area contributed by atoms with Gasteiger partial charge < -0.3 is 14.9 Å². The van der Waals surface area contributed by atoms with Crippen LogP contribution in [0.3, 0.4) is 0 Å². The average molecular weight is 597 g/mol. The van der Waals surface area contributed by atoms with Crippen molar-refractivity contribution in [1.29, 1.82) is 0 Å². The van der Waals surface area contributed by atoms with Gasteiger partial charge in [-0.2, -0.15) is 5.10 Å². The Balaban J connectivity index is 1.48. The predicted molar refractivity (Wildman–Crippen MR) is 164 cm³/mol. The quantitative estimate of drug-likeness (QED) is 0.233. The number of anilines is 2. The molecule has 0 aliphatic carbocycles. The van der Waals surface area contributed by atoms with Crippen molar-refractivity contribution in [2.24, 2.45) is 7.05 Å². The molecule has 1 aromatic carbocycles. The summed E-state index contributed by atoms with van der Waals surface area (Å²) < 4.78 is 36.0. The van der Waals surface area contributed by atoms with Gasteiger partial charge in [-0.25, -0.2) is 18.4 Å². The highest BCUT2D eigenvalue weighted by atomic mass is 32.2. The summed E-state index contributed by atoms with van der Waals surface area (Å²) >= 11 is 0. The number of imidazole rings is 1. The van der Waals surface area contributed by atoms with Crippen molar-refractivity contribution in [2.45, 2.75) is 50.7 Å². The number of aromatic nitrogens is 6. The lowest BCUT2D eigenvalue weighted by molar-refractivity contribution is -0.0309. The summed E-state index contributed by atoms with van der Waals surface area (Å²) in [6.45, 7) is 11.9. The molecular weight excluding hydrogens is 564 g/mol. The van der Waals surface area contributed by atoms with Gasteiger partial charge in [0.15, 0.2) is 15.5 Å². The minimum absolute atomic E-state index is 0.151. The zero-order valence-corrected chi connectivity index (χ0v) is 25.3. The van der Waals surface area contributed by atoms with Gasteiger partial charge in [-0.3, -0.25) is 9.25 Å². The van der Waals surface area contributed by atoms with Crippen LogP contribution >= 0.6 is 0 Å². The second kappa shape index (κ2) is 11.2. The van der Waals surface area contributed by atoms with E-state index in [-0.39, 0.29) is 11.1 Å². The molecule has 0 amide bonds. The lowest BCUT2D eigenvalue weighted by Gasteiger charge is -2.25. The Morgan fingerprint density at radius 1 is 1.05 bits per heavy atom. The fraction of sp³-hybridized carbons (Fsp3) is 0.323. The Bertz CT molecular complexity index is 1980. The Labute approximate surface area is 250 Å². The monoisotopic (exact) mass is 596 g/mol. The first-order valence-corrected chi connectivity index (χ1v) is 16.0. The van der Waals surface area contributed by atoms with Crippen LogP contribution in [0.4, 0.5) is 17.2 Å². The molecule has 1 aliphatic rings. The number of rotatable bonds is 7. The summed E-state index contributed by atoms with van der Waals surface area (Å²) in [7, 11) is -1.77. The molecular formula is C31H32N8O3S. The predicted octanol–water partition coefficient (Wildman–Crippen LogP) is 5.83. The second-order valence-corrected chi connectivity index (χ2v) is 12.8. The number of aryl methyl sites for hydroxylation is 3. The molecule has 1 N–H and O–H groups in total. The Kier molecular flexibility index (Phi) is 7.45. The van der Waals surface area contributed by atoms with E-state index in [1.165, 1.54) is 6.26 Å². The number of fused-ring (bicyclic) bond motifs is 1. The summed E-state index contributed by atoms with van der Waals surface area (Å²) in [4.78, 5) is 17.9. The van der Waals surface area contributed by atoms with Crippen LogP contribution in [0.5, 0.6) is 0 Å². The molecule has 220 valence electrons. The molecule has 12 heteroatoms. The lowest BCUT2D eigenvalue weighted by Crippen LogP contribution is -2.19. The van der Waals surface area contributed by atoms with Crippen LogP contribution in [-0.4, -0.2) is 50.6 Å². The molecule has 43 heavy (non-hydrogen) atoms. The van der Waals surface area contributed by atoms with Crippen molar-refractivity contribution >= 4 is 38.2 Å². The first kappa shape index (κ1) is 28.5. The Hall–Kier alpha value is -4.60. The maximum absolute atomic E-state index is 13.0. The maximum atomic E-state index is 13.0. The molecule has 1 aliphatic heterocycles. The smallest absolute Gasteiger partial charge is 0.269 e. The highest BCUT2D eigenvalue weighted by Gasteiger charge is 2.25. The van der Waals surface area contributed by atoms with Crippen molar-refractivity contribution in [2.75, 3.05) is 18.2 Å². The van der Waals surface area contributed by atoms with Crippen molar-refractivity contribution in [3.63, 3.8) is 0 Å². The molecule has 11 nitrogen and oxygen atoms in total. The van der Waals surface area contributed by atoms with E-state index >= 15 is 0 Å². The van der Waals surface area contributed by atoms with Crippen LogP contribution in [0.25, 0.3) is 27.3 Å². The van der Waals surface area contributed by atoms with Crippen LogP contribution in [0.2, 0.25) is 0 Å². The summed E-state index contributed by atoms with van der Waals surface area (Å²) in [6, 6.07) is 14.4. The topological polar surface area (TPSA) is 121 Å². The molecule has 1 saturated heterocycles. The molecule has 0 saturated carbocycles. The van der Waals surface area contributed by atoms with Crippen molar-refractivity contribution in [1.82, 2.24) is 29.3 Å². The minimum Gasteiger partial charge on any atom is -0.361 e. The van der Waals surface area contributed by atoms with Gasteiger partial charge >= 0.3 is 0 Å². The van der Waals surface area contributed by atoms with Crippen molar-refractivity contribution in [3.05, 3.63) is 82.9 Å². The summed E-state index contributed by atoms with van der Waals surface area (Å²) in [5.41, 5.74) is 6.06. The maximum Gasteiger partial charge on any atom is 0.269 e.